The van der Waals surface area contributed by atoms with Gasteiger partial charge in [-0.1, -0.05) is 42.5 Å². The number of ketones is 1. The van der Waals surface area contributed by atoms with E-state index in [-0.39, 0.29) is 5.78 Å². The van der Waals surface area contributed by atoms with Crippen LogP contribution in [0.4, 0.5) is 0 Å². The Bertz CT molecular complexity index is 740. The van der Waals surface area contributed by atoms with Crippen LogP contribution in [0.25, 0.3) is 10.8 Å². The van der Waals surface area contributed by atoms with Gasteiger partial charge in [0, 0.05) is 11.8 Å². The maximum absolute atomic E-state index is 12.2. The van der Waals surface area contributed by atoms with Crippen LogP contribution in [-0.4, -0.2) is 10.8 Å². The molecule has 0 aliphatic carbocycles. The molecule has 3 aromatic rings. The van der Waals surface area contributed by atoms with E-state index in [9.17, 15) is 4.79 Å². The second-order valence-electron chi connectivity index (χ2n) is 4.49. The number of aryl methyl sites for hydroxylation is 1. The molecule has 3 rings (SSSR count). The first-order chi connectivity index (χ1) is 9.24. The molecule has 0 amide bonds. The average molecular weight is 267 g/mol. The van der Waals surface area contributed by atoms with Gasteiger partial charge in [-0.05, 0) is 23.3 Å². The third-order valence-electron chi connectivity index (χ3n) is 3.14. The van der Waals surface area contributed by atoms with Gasteiger partial charge in [0.2, 0.25) is 0 Å². The molecule has 1 aromatic heterocycles. The van der Waals surface area contributed by atoms with Gasteiger partial charge in [0.1, 0.15) is 5.69 Å². The SMILES string of the molecule is Cc1nc(C(=O)Cc2cccc3ccccc23)cs1. The molecule has 0 saturated heterocycles. The van der Waals surface area contributed by atoms with Crippen LogP contribution in [-0.2, 0) is 6.42 Å². The predicted molar refractivity (Wildman–Crippen MR) is 78.8 cm³/mol. The molecule has 0 spiro atoms. The van der Waals surface area contributed by atoms with Crippen molar-refractivity contribution in [1.29, 1.82) is 0 Å². The quantitative estimate of drug-likeness (QED) is 0.671. The molecule has 0 atom stereocenters. The molecule has 3 heteroatoms. The van der Waals surface area contributed by atoms with E-state index in [0.29, 0.717) is 12.1 Å². The van der Waals surface area contributed by atoms with Crippen molar-refractivity contribution in [2.75, 3.05) is 0 Å². The van der Waals surface area contributed by atoms with E-state index in [1.165, 1.54) is 16.7 Å². The number of fused-ring (bicyclic) bond motifs is 1. The molecule has 0 N–H and O–H groups in total. The lowest BCUT2D eigenvalue weighted by atomic mass is 10.00. The van der Waals surface area contributed by atoms with E-state index in [1.807, 2.05) is 36.6 Å². The molecule has 0 bridgehead atoms. The zero-order valence-corrected chi connectivity index (χ0v) is 11.4. The van der Waals surface area contributed by atoms with Crippen LogP contribution in [0.15, 0.2) is 47.8 Å². The average Bonchev–Trinajstić information content (AvgIpc) is 2.86. The van der Waals surface area contributed by atoms with Gasteiger partial charge in [-0.3, -0.25) is 4.79 Å². The third kappa shape index (κ3) is 2.42. The summed E-state index contributed by atoms with van der Waals surface area (Å²) in [6.45, 7) is 1.92. The Morgan fingerprint density at radius 3 is 2.74 bits per heavy atom. The minimum atomic E-state index is 0.0840. The fourth-order valence-electron chi connectivity index (χ4n) is 2.20. The van der Waals surface area contributed by atoms with Crippen molar-refractivity contribution in [1.82, 2.24) is 4.98 Å². The molecule has 1 heterocycles. The lowest BCUT2D eigenvalue weighted by molar-refractivity contribution is 0.0989. The van der Waals surface area contributed by atoms with Crippen molar-refractivity contribution < 1.29 is 4.79 Å². The maximum Gasteiger partial charge on any atom is 0.186 e. The summed E-state index contributed by atoms with van der Waals surface area (Å²) in [5, 5.41) is 5.08. The molecule has 0 saturated carbocycles. The van der Waals surface area contributed by atoms with Gasteiger partial charge in [-0.2, -0.15) is 0 Å². The summed E-state index contributed by atoms with van der Waals surface area (Å²) < 4.78 is 0. The number of nitrogens with zero attached hydrogens (tertiary/aromatic N) is 1. The van der Waals surface area contributed by atoms with Gasteiger partial charge >= 0.3 is 0 Å². The summed E-state index contributed by atoms with van der Waals surface area (Å²) >= 11 is 1.51. The molecule has 0 radical (unpaired) electrons. The fraction of sp³-hybridized carbons (Fsp3) is 0.125. The Labute approximate surface area is 115 Å². The smallest absolute Gasteiger partial charge is 0.186 e. The first-order valence-corrected chi connectivity index (χ1v) is 7.04. The van der Waals surface area contributed by atoms with Gasteiger partial charge in [0.05, 0.1) is 5.01 Å². The second-order valence-corrected chi connectivity index (χ2v) is 5.55. The number of hydrogen-bond donors (Lipinski definition) is 0. The third-order valence-corrected chi connectivity index (χ3v) is 3.91. The minimum Gasteiger partial charge on any atom is -0.292 e. The van der Waals surface area contributed by atoms with Crippen LogP contribution in [0.1, 0.15) is 21.1 Å². The van der Waals surface area contributed by atoms with Gasteiger partial charge in [0.25, 0.3) is 0 Å². The second kappa shape index (κ2) is 4.94. The Hall–Kier alpha value is -2.00. The van der Waals surface area contributed by atoms with Crippen LogP contribution < -0.4 is 0 Å². The van der Waals surface area contributed by atoms with Crippen LogP contribution in [0.2, 0.25) is 0 Å². The van der Waals surface area contributed by atoms with E-state index < -0.39 is 0 Å². The van der Waals surface area contributed by atoms with Crippen molar-refractivity contribution in [3.05, 3.63) is 64.1 Å². The zero-order chi connectivity index (χ0) is 13.2. The molecule has 0 fully saturated rings. The zero-order valence-electron chi connectivity index (χ0n) is 10.6. The summed E-state index contributed by atoms with van der Waals surface area (Å²) in [7, 11) is 0. The minimum absolute atomic E-state index is 0.0840. The summed E-state index contributed by atoms with van der Waals surface area (Å²) in [6, 6.07) is 14.2. The summed E-state index contributed by atoms with van der Waals surface area (Å²) in [5.41, 5.74) is 1.64. The van der Waals surface area contributed by atoms with Crippen LogP contribution in [0, 0.1) is 6.92 Å². The fourth-order valence-corrected chi connectivity index (χ4v) is 2.82. The lowest BCUT2D eigenvalue weighted by Gasteiger charge is -2.04. The molecular formula is C16H13NOS. The summed E-state index contributed by atoms with van der Waals surface area (Å²) in [6.07, 6.45) is 0.407. The summed E-state index contributed by atoms with van der Waals surface area (Å²) in [5.74, 6) is 0.0840. The van der Waals surface area contributed by atoms with Crippen molar-refractivity contribution in [2.45, 2.75) is 13.3 Å². The van der Waals surface area contributed by atoms with E-state index in [2.05, 4.69) is 23.2 Å². The van der Waals surface area contributed by atoms with Crippen molar-refractivity contribution in [3.8, 4) is 0 Å². The van der Waals surface area contributed by atoms with Gasteiger partial charge in [-0.15, -0.1) is 11.3 Å². The van der Waals surface area contributed by atoms with Crippen molar-refractivity contribution in [3.63, 3.8) is 0 Å². The van der Waals surface area contributed by atoms with E-state index in [0.717, 1.165) is 16.0 Å². The number of carbonyl (C=O) groups excluding carboxylic acids is 1. The highest BCUT2D eigenvalue weighted by Crippen LogP contribution is 2.20. The molecular weight excluding hydrogens is 254 g/mol. The normalized spacial score (nSPS) is 10.8. The van der Waals surface area contributed by atoms with E-state index >= 15 is 0 Å². The molecule has 2 nitrogen and oxygen atoms in total. The highest BCUT2D eigenvalue weighted by Gasteiger charge is 2.11. The molecule has 0 aliphatic heterocycles. The monoisotopic (exact) mass is 267 g/mol. The molecule has 2 aromatic carbocycles. The molecule has 94 valence electrons. The number of hydrogen-bond acceptors (Lipinski definition) is 3. The summed E-state index contributed by atoms with van der Waals surface area (Å²) in [4.78, 5) is 16.5. The lowest BCUT2D eigenvalue weighted by Crippen LogP contribution is -2.04. The standard InChI is InChI=1S/C16H13NOS/c1-11-17-15(10-19-11)16(18)9-13-7-4-6-12-5-2-3-8-14(12)13/h2-8,10H,9H2,1H3. The number of benzene rings is 2. The Morgan fingerprint density at radius 2 is 1.95 bits per heavy atom. The molecule has 19 heavy (non-hydrogen) atoms. The number of thiazole rings is 1. The number of Topliss-reactive ketones (excluding diaryl/α,β-unsaturated/α-hetero) is 1. The number of rotatable bonds is 3. The van der Waals surface area contributed by atoms with E-state index in [1.54, 1.807) is 0 Å². The highest BCUT2D eigenvalue weighted by atomic mass is 32.1. The first-order valence-electron chi connectivity index (χ1n) is 6.16. The van der Waals surface area contributed by atoms with Gasteiger partial charge < -0.3 is 0 Å². The number of aromatic nitrogens is 1. The Balaban J connectivity index is 1.95. The topological polar surface area (TPSA) is 30.0 Å². The van der Waals surface area contributed by atoms with Crippen LogP contribution in [0.3, 0.4) is 0 Å². The van der Waals surface area contributed by atoms with E-state index in [4.69, 9.17) is 0 Å². The Morgan fingerprint density at radius 1 is 1.16 bits per heavy atom. The number of carbonyl (C=O) groups is 1. The van der Waals surface area contributed by atoms with Crippen molar-refractivity contribution in [2.24, 2.45) is 0 Å². The molecule has 0 unspecified atom stereocenters. The van der Waals surface area contributed by atoms with Crippen LogP contribution in [0.5, 0.6) is 0 Å². The predicted octanol–water partition coefficient (Wildman–Crippen LogP) is 4.03. The molecule has 0 aliphatic rings. The maximum atomic E-state index is 12.2. The van der Waals surface area contributed by atoms with Crippen molar-refractivity contribution >= 4 is 27.9 Å². The van der Waals surface area contributed by atoms with Gasteiger partial charge in [-0.25, -0.2) is 4.98 Å². The first kappa shape index (κ1) is 12.1. The van der Waals surface area contributed by atoms with Crippen LogP contribution >= 0.6 is 11.3 Å². The largest absolute Gasteiger partial charge is 0.292 e. The van der Waals surface area contributed by atoms with Gasteiger partial charge in [0.15, 0.2) is 5.78 Å². The highest BCUT2D eigenvalue weighted by molar-refractivity contribution is 7.09. The Kier molecular flexibility index (Phi) is 3.13.